The van der Waals surface area contributed by atoms with E-state index < -0.39 is 6.04 Å². The monoisotopic (exact) mass is 458 g/mol. The highest BCUT2D eigenvalue weighted by molar-refractivity contribution is 5.82. The standard InChI is InChI=1S/C27H30N4O3/c28-24(17-20-11-13-23(33)14-12-20)27(34)30-16-6-10-26(30)31(19-32)25(21-7-2-1-3-8-21)18-22-9-4-5-15-29-22/h1-5,7-9,11-15,19,24-26,33H,6,10,16-18,28H2/t24-,25-,26+/m0/s1. The van der Waals surface area contributed by atoms with E-state index in [0.717, 1.165) is 29.7 Å². The number of nitrogens with two attached hydrogens (primary N) is 1. The van der Waals surface area contributed by atoms with Crippen LogP contribution in [0.4, 0.5) is 0 Å². The van der Waals surface area contributed by atoms with Crippen LogP contribution in [-0.4, -0.2) is 51.0 Å². The van der Waals surface area contributed by atoms with Crippen molar-refractivity contribution in [2.24, 2.45) is 5.73 Å². The fraction of sp³-hybridized carbons (Fsp3) is 0.296. The molecular formula is C27H30N4O3. The van der Waals surface area contributed by atoms with Crippen molar-refractivity contribution in [3.8, 4) is 5.75 Å². The predicted octanol–water partition coefficient (Wildman–Crippen LogP) is 3.05. The van der Waals surface area contributed by atoms with E-state index in [1.165, 1.54) is 0 Å². The molecule has 1 aromatic heterocycles. The van der Waals surface area contributed by atoms with E-state index in [1.807, 2.05) is 48.5 Å². The maximum absolute atomic E-state index is 13.4. The molecule has 176 valence electrons. The molecule has 0 unspecified atom stereocenters. The summed E-state index contributed by atoms with van der Waals surface area (Å²) in [6, 6.07) is 21.3. The van der Waals surface area contributed by atoms with Crippen molar-refractivity contribution in [2.45, 2.75) is 43.9 Å². The van der Waals surface area contributed by atoms with Gasteiger partial charge in [0.1, 0.15) is 11.9 Å². The van der Waals surface area contributed by atoms with E-state index in [9.17, 15) is 14.7 Å². The molecule has 2 amide bonds. The van der Waals surface area contributed by atoms with E-state index in [4.69, 9.17) is 5.73 Å². The highest BCUT2D eigenvalue weighted by Crippen LogP contribution is 2.31. The Hall–Kier alpha value is -3.71. The molecule has 2 aromatic carbocycles. The van der Waals surface area contributed by atoms with Gasteiger partial charge in [0.2, 0.25) is 12.3 Å². The molecule has 34 heavy (non-hydrogen) atoms. The first-order valence-electron chi connectivity index (χ1n) is 11.6. The van der Waals surface area contributed by atoms with Crippen molar-refractivity contribution in [1.29, 1.82) is 0 Å². The summed E-state index contributed by atoms with van der Waals surface area (Å²) in [7, 11) is 0. The number of hydrogen-bond donors (Lipinski definition) is 2. The first kappa shape index (κ1) is 23.4. The summed E-state index contributed by atoms with van der Waals surface area (Å²) in [4.78, 5) is 33.8. The largest absolute Gasteiger partial charge is 0.508 e. The summed E-state index contributed by atoms with van der Waals surface area (Å²) in [5.41, 5.74) is 9.06. The van der Waals surface area contributed by atoms with Gasteiger partial charge in [-0.1, -0.05) is 48.5 Å². The molecule has 7 nitrogen and oxygen atoms in total. The number of aromatic nitrogens is 1. The van der Waals surface area contributed by atoms with Crippen LogP contribution < -0.4 is 5.73 Å². The van der Waals surface area contributed by atoms with E-state index in [2.05, 4.69) is 4.98 Å². The molecule has 3 aromatic rings. The lowest BCUT2D eigenvalue weighted by Gasteiger charge is -2.39. The minimum Gasteiger partial charge on any atom is -0.508 e. The lowest BCUT2D eigenvalue weighted by Crippen LogP contribution is -2.53. The van der Waals surface area contributed by atoms with E-state index >= 15 is 0 Å². The van der Waals surface area contributed by atoms with Crippen molar-refractivity contribution in [2.75, 3.05) is 6.54 Å². The Bertz CT molecular complexity index is 1080. The van der Waals surface area contributed by atoms with Crippen LogP contribution in [0.15, 0.2) is 79.0 Å². The highest BCUT2D eigenvalue weighted by Gasteiger charge is 2.38. The Balaban J connectivity index is 1.56. The molecule has 1 aliphatic heterocycles. The number of aromatic hydroxyl groups is 1. The van der Waals surface area contributed by atoms with Gasteiger partial charge in [-0.2, -0.15) is 0 Å². The maximum Gasteiger partial charge on any atom is 0.241 e. The average Bonchev–Trinajstić information content (AvgIpc) is 3.35. The molecular weight excluding hydrogens is 428 g/mol. The maximum atomic E-state index is 13.4. The van der Waals surface area contributed by atoms with Crippen molar-refractivity contribution in [3.63, 3.8) is 0 Å². The van der Waals surface area contributed by atoms with Crippen LogP contribution in [0.1, 0.15) is 35.7 Å². The number of carbonyl (C=O) groups excluding carboxylic acids is 2. The molecule has 7 heteroatoms. The molecule has 0 bridgehead atoms. The molecule has 0 spiro atoms. The molecule has 4 rings (SSSR count). The number of pyridine rings is 1. The molecule has 2 heterocycles. The van der Waals surface area contributed by atoms with Gasteiger partial charge in [-0.3, -0.25) is 14.6 Å². The highest BCUT2D eigenvalue weighted by atomic mass is 16.3. The molecule has 1 fully saturated rings. The number of phenols is 1. The van der Waals surface area contributed by atoms with Gasteiger partial charge in [0.15, 0.2) is 0 Å². The van der Waals surface area contributed by atoms with Crippen LogP contribution in [-0.2, 0) is 22.4 Å². The van der Waals surface area contributed by atoms with Gasteiger partial charge < -0.3 is 20.6 Å². The summed E-state index contributed by atoms with van der Waals surface area (Å²) in [6.45, 7) is 0.558. The zero-order valence-electron chi connectivity index (χ0n) is 19.0. The Labute approximate surface area is 199 Å². The van der Waals surface area contributed by atoms with Crippen LogP contribution in [0, 0.1) is 0 Å². The Morgan fingerprint density at radius 2 is 1.82 bits per heavy atom. The lowest BCUT2D eigenvalue weighted by molar-refractivity contribution is -0.141. The number of nitrogens with zero attached hydrogens (tertiary/aromatic N) is 3. The van der Waals surface area contributed by atoms with Crippen molar-refractivity contribution in [3.05, 3.63) is 95.8 Å². The zero-order chi connectivity index (χ0) is 23.9. The Morgan fingerprint density at radius 1 is 1.09 bits per heavy atom. The van der Waals surface area contributed by atoms with E-state index in [1.54, 1.807) is 40.3 Å². The summed E-state index contributed by atoms with van der Waals surface area (Å²) in [5.74, 6) is -0.00295. The van der Waals surface area contributed by atoms with Crippen molar-refractivity contribution in [1.82, 2.24) is 14.8 Å². The fourth-order valence-electron chi connectivity index (χ4n) is 4.64. The summed E-state index contributed by atoms with van der Waals surface area (Å²) in [5, 5.41) is 9.50. The minimum atomic E-state index is -0.732. The Morgan fingerprint density at radius 3 is 2.50 bits per heavy atom. The molecule has 3 atom stereocenters. The average molecular weight is 459 g/mol. The van der Waals surface area contributed by atoms with Gasteiger partial charge in [0.05, 0.1) is 12.1 Å². The fourth-order valence-corrected chi connectivity index (χ4v) is 4.64. The third-order valence-electron chi connectivity index (χ3n) is 6.35. The van der Waals surface area contributed by atoms with E-state index in [0.29, 0.717) is 25.8 Å². The molecule has 0 radical (unpaired) electrons. The minimum absolute atomic E-state index is 0.171. The van der Waals surface area contributed by atoms with Gasteiger partial charge in [0.25, 0.3) is 0 Å². The smallest absolute Gasteiger partial charge is 0.241 e. The molecule has 1 aliphatic rings. The zero-order valence-corrected chi connectivity index (χ0v) is 19.0. The Kier molecular flexibility index (Phi) is 7.54. The van der Waals surface area contributed by atoms with Gasteiger partial charge >= 0.3 is 0 Å². The number of amides is 2. The first-order chi connectivity index (χ1) is 16.6. The van der Waals surface area contributed by atoms with Gasteiger partial charge in [-0.05, 0) is 54.7 Å². The number of benzene rings is 2. The van der Waals surface area contributed by atoms with Gasteiger partial charge in [0, 0.05) is 24.9 Å². The molecule has 0 aliphatic carbocycles. The van der Waals surface area contributed by atoms with Crippen LogP contribution in [0.3, 0.4) is 0 Å². The SMILES string of the molecule is N[C@@H](Cc1ccc(O)cc1)C(=O)N1CCC[C@H]1N(C=O)[C@@H](Cc1ccccn1)c1ccccc1. The lowest BCUT2D eigenvalue weighted by atomic mass is 9.99. The normalized spacial score (nSPS) is 17.2. The first-order valence-corrected chi connectivity index (χ1v) is 11.6. The number of rotatable bonds is 9. The quantitative estimate of drug-likeness (QED) is 0.480. The molecule has 3 N–H and O–H groups in total. The van der Waals surface area contributed by atoms with Crippen molar-refractivity contribution < 1.29 is 14.7 Å². The second kappa shape index (κ2) is 10.9. The number of carbonyl (C=O) groups is 2. The predicted molar refractivity (Wildman–Crippen MR) is 130 cm³/mol. The van der Waals surface area contributed by atoms with Gasteiger partial charge in [-0.15, -0.1) is 0 Å². The van der Waals surface area contributed by atoms with Crippen LogP contribution in [0.5, 0.6) is 5.75 Å². The summed E-state index contributed by atoms with van der Waals surface area (Å²) >= 11 is 0. The summed E-state index contributed by atoms with van der Waals surface area (Å²) in [6.07, 6.45) is 4.63. The summed E-state index contributed by atoms with van der Waals surface area (Å²) < 4.78 is 0. The van der Waals surface area contributed by atoms with Gasteiger partial charge in [-0.25, -0.2) is 0 Å². The number of likely N-dealkylation sites (tertiary alicyclic amines) is 1. The number of phenolic OH excluding ortho intramolecular Hbond substituents is 1. The second-order valence-electron chi connectivity index (χ2n) is 8.64. The van der Waals surface area contributed by atoms with E-state index in [-0.39, 0.29) is 23.9 Å². The third-order valence-corrected chi connectivity index (χ3v) is 6.35. The van der Waals surface area contributed by atoms with Crippen LogP contribution in [0.2, 0.25) is 0 Å². The van der Waals surface area contributed by atoms with Crippen LogP contribution >= 0.6 is 0 Å². The van der Waals surface area contributed by atoms with Crippen molar-refractivity contribution >= 4 is 12.3 Å². The third kappa shape index (κ3) is 5.43. The number of hydrogen-bond acceptors (Lipinski definition) is 5. The topological polar surface area (TPSA) is 99.8 Å². The molecule has 1 saturated heterocycles. The second-order valence-corrected chi connectivity index (χ2v) is 8.64. The molecule has 0 saturated carbocycles. The van der Waals surface area contributed by atoms with Crippen LogP contribution in [0.25, 0.3) is 0 Å².